The average molecular weight is 441 g/mol. The van der Waals surface area contributed by atoms with Gasteiger partial charge in [-0.2, -0.15) is 0 Å². The molecule has 1 saturated carbocycles. The molecule has 164 valence electrons. The average Bonchev–Trinajstić information content (AvgIpc) is 3.39. The lowest BCUT2D eigenvalue weighted by Crippen LogP contribution is -2.36. The van der Waals surface area contributed by atoms with E-state index in [2.05, 4.69) is 5.32 Å². The minimum absolute atomic E-state index is 0.0452. The van der Waals surface area contributed by atoms with Crippen LogP contribution in [-0.4, -0.2) is 34.3 Å². The second-order valence-corrected chi connectivity index (χ2v) is 9.65. The molecular formula is C24H28N2O4S. The second-order valence-electron chi connectivity index (χ2n) is 8.54. The van der Waals surface area contributed by atoms with Crippen molar-refractivity contribution in [3.63, 3.8) is 0 Å². The molecule has 0 saturated heterocycles. The molecule has 6 nitrogen and oxygen atoms in total. The van der Waals surface area contributed by atoms with Crippen LogP contribution in [0.5, 0.6) is 0 Å². The van der Waals surface area contributed by atoms with Crippen molar-refractivity contribution < 1.29 is 19.5 Å². The van der Waals surface area contributed by atoms with Crippen LogP contribution >= 0.6 is 11.3 Å². The van der Waals surface area contributed by atoms with Gasteiger partial charge in [-0.3, -0.25) is 9.59 Å². The standard InChI is InChI=1S/C24H28N2O4S/c1-15-6-2-5-9-17(15)23(28)26-13-12-18-19(14-26)31-22(21(18)24(29)30)25-20(27)11-10-16-7-3-4-8-16/h2,5-6,9,16H,3-4,7-8,10-14H2,1H3,(H,25,27)(H,29,30). The first-order valence-electron chi connectivity index (χ1n) is 11.0. The van der Waals surface area contributed by atoms with E-state index in [9.17, 15) is 19.5 Å². The van der Waals surface area contributed by atoms with Crippen LogP contribution in [0.2, 0.25) is 0 Å². The number of aryl methyl sites for hydroxylation is 1. The van der Waals surface area contributed by atoms with Crippen molar-refractivity contribution in [1.82, 2.24) is 4.90 Å². The third-order valence-corrected chi connectivity index (χ3v) is 7.57. The fraction of sp³-hybridized carbons (Fsp3) is 0.458. The molecule has 2 heterocycles. The van der Waals surface area contributed by atoms with E-state index in [1.165, 1.54) is 37.0 Å². The van der Waals surface area contributed by atoms with Gasteiger partial charge in [0.05, 0.1) is 12.1 Å². The van der Waals surface area contributed by atoms with Crippen molar-refractivity contribution in [2.45, 2.75) is 58.4 Å². The van der Waals surface area contributed by atoms with Crippen molar-refractivity contribution in [2.24, 2.45) is 5.92 Å². The summed E-state index contributed by atoms with van der Waals surface area (Å²) in [5, 5.41) is 13.0. The van der Waals surface area contributed by atoms with E-state index in [1.807, 2.05) is 31.2 Å². The molecular weight excluding hydrogens is 412 g/mol. The van der Waals surface area contributed by atoms with Gasteiger partial charge in [-0.25, -0.2) is 4.79 Å². The number of thiophene rings is 1. The minimum Gasteiger partial charge on any atom is -0.478 e. The lowest BCUT2D eigenvalue weighted by molar-refractivity contribution is -0.116. The number of carbonyl (C=O) groups is 3. The largest absolute Gasteiger partial charge is 0.478 e. The Hall–Kier alpha value is -2.67. The molecule has 0 atom stereocenters. The molecule has 2 aromatic rings. The Morgan fingerprint density at radius 1 is 1.19 bits per heavy atom. The molecule has 0 spiro atoms. The molecule has 1 fully saturated rings. The summed E-state index contributed by atoms with van der Waals surface area (Å²) in [6, 6.07) is 7.48. The summed E-state index contributed by atoms with van der Waals surface area (Å²) < 4.78 is 0. The number of nitrogens with zero attached hydrogens (tertiary/aromatic N) is 1. The number of carboxylic acid groups (broad SMARTS) is 1. The van der Waals surface area contributed by atoms with Crippen molar-refractivity contribution >= 4 is 34.1 Å². The first kappa shape index (κ1) is 21.6. The number of benzene rings is 1. The summed E-state index contributed by atoms with van der Waals surface area (Å²) in [7, 11) is 0. The van der Waals surface area contributed by atoms with Gasteiger partial charge < -0.3 is 15.3 Å². The Morgan fingerprint density at radius 2 is 1.94 bits per heavy atom. The summed E-state index contributed by atoms with van der Waals surface area (Å²) >= 11 is 1.29. The Morgan fingerprint density at radius 3 is 2.65 bits per heavy atom. The summed E-state index contributed by atoms with van der Waals surface area (Å²) in [5.74, 6) is -0.582. The molecule has 0 unspecified atom stereocenters. The van der Waals surface area contributed by atoms with Crippen LogP contribution in [-0.2, 0) is 17.8 Å². The summed E-state index contributed by atoms with van der Waals surface area (Å²) in [4.78, 5) is 40.0. The first-order chi connectivity index (χ1) is 14.9. The number of carboxylic acids is 1. The molecule has 31 heavy (non-hydrogen) atoms. The van der Waals surface area contributed by atoms with E-state index in [0.29, 0.717) is 42.4 Å². The molecule has 2 aliphatic rings. The van der Waals surface area contributed by atoms with Crippen molar-refractivity contribution in [2.75, 3.05) is 11.9 Å². The molecule has 2 amide bonds. The van der Waals surface area contributed by atoms with E-state index < -0.39 is 5.97 Å². The highest BCUT2D eigenvalue weighted by atomic mass is 32.1. The van der Waals surface area contributed by atoms with Gasteiger partial charge >= 0.3 is 5.97 Å². The summed E-state index contributed by atoms with van der Waals surface area (Å²) in [5.41, 5.74) is 2.53. The molecule has 7 heteroatoms. The zero-order valence-electron chi connectivity index (χ0n) is 17.8. The van der Waals surface area contributed by atoms with Gasteiger partial charge in [0.15, 0.2) is 0 Å². The van der Waals surface area contributed by atoms with Crippen LogP contribution < -0.4 is 5.32 Å². The van der Waals surface area contributed by atoms with Gasteiger partial charge in [-0.05, 0) is 42.9 Å². The van der Waals surface area contributed by atoms with Gasteiger partial charge in [-0.1, -0.05) is 43.9 Å². The maximum Gasteiger partial charge on any atom is 0.339 e. The molecule has 0 radical (unpaired) electrons. The number of hydrogen-bond acceptors (Lipinski definition) is 4. The van der Waals surface area contributed by atoms with Gasteiger partial charge in [0.2, 0.25) is 5.91 Å². The Bertz CT molecular complexity index is 1010. The Labute approximate surface area is 186 Å². The third kappa shape index (κ3) is 4.66. The zero-order valence-corrected chi connectivity index (χ0v) is 18.6. The molecule has 0 bridgehead atoms. The molecule has 1 aromatic carbocycles. The zero-order chi connectivity index (χ0) is 22.0. The van der Waals surface area contributed by atoms with Crippen LogP contribution in [0, 0.1) is 12.8 Å². The van der Waals surface area contributed by atoms with Gasteiger partial charge in [0.1, 0.15) is 5.00 Å². The minimum atomic E-state index is -1.03. The summed E-state index contributed by atoms with van der Waals surface area (Å²) in [6.45, 7) is 2.74. The van der Waals surface area contributed by atoms with Crippen molar-refractivity contribution in [1.29, 1.82) is 0 Å². The predicted molar refractivity (Wildman–Crippen MR) is 121 cm³/mol. The fourth-order valence-electron chi connectivity index (χ4n) is 4.70. The number of rotatable bonds is 6. The second kappa shape index (κ2) is 9.22. The van der Waals surface area contributed by atoms with E-state index >= 15 is 0 Å². The van der Waals surface area contributed by atoms with Crippen LogP contribution in [0.1, 0.15) is 75.2 Å². The first-order valence-corrected chi connectivity index (χ1v) is 11.8. The van der Waals surface area contributed by atoms with E-state index in [4.69, 9.17) is 0 Å². The molecule has 2 N–H and O–H groups in total. The lowest BCUT2D eigenvalue weighted by Gasteiger charge is -2.27. The normalized spacial score (nSPS) is 16.2. The highest BCUT2D eigenvalue weighted by molar-refractivity contribution is 7.17. The van der Waals surface area contributed by atoms with Crippen LogP contribution in [0.4, 0.5) is 5.00 Å². The van der Waals surface area contributed by atoms with Crippen LogP contribution in [0.15, 0.2) is 24.3 Å². The molecule has 1 aliphatic carbocycles. The SMILES string of the molecule is Cc1ccccc1C(=O)N1CCc2c(sc(NC(=O)CCC3CCCC3)c2C(=O)O)C1. The molecule has 1 aromatic heterocycles. The van der Waals surface area contributed by atoms with Gasteiger partial charge in [-0.15, -0.1) is 11.3 Å². The smallest absolute Gasteiger partial charge is 0.339 e. The van der Waals surface area contributed by atoms with Crippen LogP contribution in [0.3, 0.4) is 0 Å². The Balaban J connectivity index is 1.49. The van der Waals surface area contributed by atoms with E-state index in [-0.39, 0.29) is 17.4 Å². The number of amides is 2. The fourth-order valence-corrected chi connectivity index (χ4v) is 5.97. The van der Waals surface area contributed by atoms with Crippen LogP contribution in [0.25, 0.3) is 0 Å². The van der Waals surface area contributed by atoms with Crippen molar-refractivity contribution in [3.05, 3.63) is 51.4 Å². The molecule has 1 aliphatic heterocycles. The highest BCUT2D eigenvalue weighted by Gasteiger charge is 2.31. The highest BCUT2D eigenvalue weighted by Crippen LogP contribution is 2.38. The van der Waals surface area contributed by atoms with E-state index in [1.54, 1.807) is 4.90 Å². The summed E-state index contributed by atoms with van der Waals surface area (Å²) in [6.07, 6.45) is 6.61. The predicted octanol–water partition coefficient (Wildman–Crippen LogP) is 4.86. The number of nitrogens with one attached hydrogen (secondary N) is 1. The third-order valence-electron chi connectivity index (χ3n) is 6.44. The molecule has 4 rings (SSSR count). The van der Waals surface area contributed by atoms with Gasteiger partial charge in [0.25, 0.3) is 5.91 Å². The number of anilines is 1. The number of aromatic carboxylic acids is 1. The topological polar surface area (TPSA) is 86.7 Å². The quantitative estimate of drug-likeness (QED) is 0.671. The number of hydrogen-bond donors (Lipinski definition) is 2. The van der Waals surface area contributed by atoms with Crippen molar-refractivity contribution in [3.8, 4) is 0 Å². The van der Waals surface area contributed by atoms with E-state index in [0.717, 1.165) is 22.4 Å². The monoisotopic (exact) mass is 440 g/mol. The van der Waals surface area contributed by atoms with Gasteiger partial charge in [0, 0.05) is 23.4 Å². The number of fused-ring (bicyclic) bond motifs is 1. The number of carbonyl (C=O) groups excluding carboxylic acids is 2. The maximum absolute atomic E-state index is 13.0. The maximum atomic E-state index is 13.0. The lowest BCUT2D eigenvalue weighted by atomic mass is 10.0. The Kier molecular flexibility index (Phi) is 6.41.